The fraction of sp³-hybridized carbons (Fsp3) is 0.500. The molecular formula is C14H19N3O3. The van der Waals surface area contributed by atoms with Crippen LogP contribution in [-0.2, 0) is 0 Å². The first kappa shape index (κ1) is 14.5. The molecule has 1 aliphatic heterocycles. The lowest BCUT2D eigenvalue weighted by Gasteiger charge is -2.21. The lowest BCUT2D eigenvalue weighted by Crippen LogP contribution is -2.32. The Balaban J connectivity index is 1.97. The summed E-state index contributed by atoms with van der Waals surface area (Å²) >= 11 is 0. The van der Waals surface area contributed by atoms with Crippen LogP contribution in [0.15, 0.2) is 18.3 Å². The highest BCUT2D eigenvalue weighted by molar-refractivity contribution is 5.94. The Morgan fingerprint density at radius 1 is 1.50 bits per heavy atom. The number of carboxylic acids is 1. The molecular weight excluding hydrogens is 258 g/mol. The van der Waals surface area contributed by atoms with Crippen molar-refractivity contribution in [1.29, 1.82) is 0 Å². The van der Waals surface area contributed by atoms with E-state index in [1.807, 2.05) is 0 Å². The molecule has 2 heterocycles. The molecule has 1 amide bonds. The van der Waals surface area contributed by atoms with Gasteiger partial charge in [-0.05, 0) is 38.1 Å². The van der Waals surface area contributed by atoms with Gasteiger partial charge >= 0.3 is 5.97 Å². The molecule has 1 atom stereocenters. The highest BCUT2D eigenvalue weighted by atomic mass is 16.4. The van der Waals surface area contributed by atoms with Gasteiger partial charge in [-0.2, -0.15) is 0 Å². The quantitative estimate of drug-likeness (QED) is 0.881. The normalized spacial score (nSPS) is 19.0. The van der Waals surface area contributed by atoms with Gasteiger partial charge in [0.25, 0.3) is 5.91 Å². The zero-order chi connectivity index (χ0) is 14.7. The fourth-order valence-electron chi connectivity index (χ4n) is 2.51. The molecule has 1 N–H and O–H groups in total. The van der Waals surface area contributed by atoms with Gasteiger partial charge in [0.2, 0.25) is 0 Å². The molecule has 1 aromatic rings. The van der Waals surface area contributed by atoms with E-state index in [1.54, 1.807) is 11.9 Å². The molecule has 0 bridgehead atoms. The van der Waals surface area contributed by atoms with E-state index in [2.05, 4.69) is 16.9 Å². The summed E-state index contributed by atoms with van der Waals surface area (Å²) in [6.45, 7) is 2.79. The van der Waals surface area contributed by atoms with Gasteiger partial charge < -0.3 is 14.9 Å². The maximum atomic E-state index is 12.2. The van der Waals surface area contributed by atoms with Crippen molar-refractivity contribution in [3.63, 3.8) is 0 Å². The predicted molar refractivity (Wildman–Crippen MR) is 73.8 cm³/mol. The summed E-state index contributed by atoms with van der Waals surface area (Å²) in [5.74, 6) is -0.712. The number of amides is 1. The molecule has 108 valence electrons. The van der Waals surface area contributed by atoms with E-state index < -0.39 is 5.97 Å². The van der Waals surface area contributed by atoms with Crippen LogP contribution in [-0.4, -0.2) is 65.5 Å². The predicted octanol–water partition coefficient (Wildman–Crippen LogP) is 0.803. The van der Waals surface area contributed by atoms with E-state index in [0.29, 0.717) is 18.0 Å². The van der Waals surface area contributed by atoms with Crippen LogP contribution in [0, 0.1) is 5.92 Å². The van der Waals surface area contributed by atoms with Gasteiger partial charge in [-0.15, -0.1) is 0 Å². The minimum Gasteiger partial charge on any atom is -0.477 e. The second kappa shape index (κ2) is 6.00. The van der Waals surface area contributed by atoms with Crippen molar-refractivity contribution in [2.45, 2.75) is 6.42 Å². The minimum atomic E-state index is -1.09. The summed E-state index contributed by atoms with van der Waals surface area (Å²) in [5, 5.41) is 8.78. The van der Waals surface area contributed by atoms with E-state index in [4.69, 9.17) is 5.11 Å². The maximum absolute atomic E-state index is 12.2. The van der Waals surface area contributed by atoms with Crippen LogP contribution >= 0.6 is 0 Å². The number of pyridine rings is 1. The van der Waals surface area contributed by atoms with E-state index in [0.717, 1.165) is 19.5 Å². The summed E-state index contributed by atoms with van der Waals surface area (Å²) in [7, 11) is 3.85. The Labute approximate surface area is 118 Å². The highest BCUT2D eigenvalue weighted by Gasteiger charge is 2.23. The van der Waals surface area contributed by atoms with Gasteiger partial charge in [0, 0.05) is 26.3 Å². The number of rotatable bonds is 4. The van der Waals surface area contributed by atoms with Crippen LogP contribution in [0.1, 0.15) is 27.3 Å². The molecule has 1 unspecified atom stereocenters. The topological polar surface area (TPSA) is 73.7 Å². The first-order valence-corrected chi connectivity index (χ1v) is 6.60. The number of aromatic carboxylic acids is 1. The van der Waals surface area contributed by atoms with Gasteiger partial charge in [-0.3, -0.25) is 4.79 Å². The van der Waals surface area contributed by atoms with Crippen molar-refractivity contribution in [3.8, 4) is 0 Å². The summed E-state index contributed by atoms with van der Waals surface area (Å²) in [4.78, 5) is 30.6. The summed E-state index contributed by atoms with van der Waals surface area (Å²) < 4.78 is 0. The van der Waals surface area contributed by atoms with Gasteiger partial charge in [-0.25, -0.2) is 9.78 Å². The molecule has 1 aliphatic rings. The number of carboxylic acid groups (broad SMARTS) is 1. The molecule has 0 saturated carbocycles. The van der Waals surface area contributed by atoms with Crippen LogP contribution in [0.25, 0.3) is 0 Å². The van der Waals surface area contributed by atoms with Crippen LogP contribution in [0.2, 0.25) is 0 Å². The molecule has 0 aliphatic carbocycles. The smallest absolute Gasteiger partial charge is 0.354 e. The van der Waals surface area contributed by atoms with Gasteiger partial charge in [0.15, 0.2) is 0 Å². The first-order chi connectivity index (χ1) is 9.47. The standard InChI is InChI=1S/C14H19N3O3/c1-16-6-5-10(8-16)9-17(2)13(18)11-3-4-12(14(19)20)15-7-11/h3-4,7,10H,5-6,8-9H2,1-2H3,(H,19,20). The SMILES string of the molecule is CN1CCC(CN(C)C(=O)c2ccc(C(=O)O)nc2)C1. The van der Waals surface area contributed by atoms with E-state index >= 15 is 0 Å². The van der Waals surface area contributed by atoms with Crippen LogP contribution < -0.4 is 0 Å². The highest BCUT2D eigenvalue weighted by Crippen LogP contribution is 2.16. The molecule has 1 aromatic heterocycles. The number of carbonyl (C=O) groups is 2. The Bertz CT molecular complexity index is 501. The Hall–Kier alpha value is -1.95. The van der Waals surface area contributed by atoms with E-state index in [-0.39, 0.29) is 11.6 Å². The van der Waals surface area contributed by atoms with Gasteiger partial charge in [0.1, 0.15) is 5.69 Å². The zero-order valence-electron chi connectivity index (χ0n) is 11.7. The average Bonchev–Trinajstić information content (AvgIpc) is 2.83. The molecule has 0 radical (unpaired) electrons. The third-order valence-corrected chi connectivity index (χ3v) is 3.60. The third-order valence-electron chi connectivity index (χ3n) is 3.60. The third kappa shape index (κ3) is 3.33. The van der Waals surface area contributed by atoms with Crippen molar-refractivity contribution in [2.75, 3.05) is 33.7 Å². The number of carbonyl (C=O) groups excluding carboxylic acids is 1. The number of likely N-dealkylation sites (tertiary alicyclic amines) is 1. The molecule has 1 saturated heterocycles. The average molecular weight is 277 g/mol. The Morgan fingerprint density at radius 2 is 2.25 bits per heavy atom. The second-order valence-electron chi connectivity index (χ2n) is 5.34. The molecule has 20 heavy (non-hydrogen) atoms. The van der Waals surface area contributed by atoms with Crippen LogP contribution in [0.3, 0.4) is 0 Å². The second-order valence-corrected chi connectivity index (χ2v) is 5.34. The largest absolute Gasteiger partial charge is 0.477 e. The molecule has 1 fully saturated rings. The maximum Gasteiger partial charge on any atom is 0.354 e. The Kier molecular flexibility index (Phi) is 4.34. The van der Waals surface area contributed by atoms with Crippen molar-refractivity contribution >= 4 is 11.9 Å². The van der Waals surface area contributed by atoms with Crippen LogP contribution in [0.4, 0.5) is 0 Å². The number of hydrogen-bond acceptors (Lipinski definition) is 4. The minimum absolute atomic E-state index is 0.0541. The number of aromatic nitrogens is 1. The summed E-state index contributed by atoms with van der Waals surface area (Å²) in [6.07, 6.45) is 2.42. The van der Waals surface area contributed by atoms with Crippen molar-refractivity contribution in [2.24, 2.45) is 5.92 Å². The monoisotopic (exact) mass is 277 g/mol. The molecule has 0 spiro atoms. The lowest BCUT2D eigenvalue weighted by atomic mass is 10.1. The zero-order valence-corrected chi connectivity index (χ0v) is 11.7. The summed E-state index contributed by atoms with van der Waals surface area (Å²) in [5.41, 5.74) is 0.366. The molecule has 6 nitrogen and oxygen atoms in total. The van der Waals surface area contributed by atoms with Crippen molar-refractivity contribution in [1.82, 2.24) is 14.8 Å². The van der Waals surface area contributed by atoms with Crippen LogP contribution in [0.5, 0.6) is 0 Å². The van der Waals surface area contributed by atoms with Gasteiger partial charge in [-0.1, -0.05) is 0 Å². The molecule has 2 rings (SSSR count). The van der Waals surface area contributed by atoms with Gasteiger partial charge in [0.05, 0.1) is 5.56 Å². The van der Waals surface area contributed by atoms with E-state index in [9.17, 15) is 9.59 Å². The van der Waals surface area contributed by atoms with Crippen molar-refractivity contribution < 1.29 is 14.7 Å². The van der Waals surface area contributed by atoms with Crippen molar-refractivity contribution in [3.05, 3.63) is 29.6 Å². The van der Waals surface area contributed by atoms with E-state index in [1.165, 1.54) is 18.3 Å². The summed E-state index contributed by atoms with van der Waals surface area (Å²) in [6, 6.07) is 2.86. The number of hydrogen-bond donors (Lipinski definition) is 1. The lowest BCUT2D eigenvalue weighted by molar-refractivity contribution is 0.0688. The fourth-order valence-corrected chi connectivity index (χ4v) is 2.51. The Morgan fingerprint density at radius 3 is 2.75 bits per heavy atom. The number of nitrogens with zero attached hydrogens (tertiary/aromatic N) is 3. The molecule has 0 aromatic carbocycles. The first-order valence-electron chi connectivity index (χ1n) is 6.60. The molecule has 6 heteroatoms.